The van der Waals surface area contributed by atoms with Crippen LogP contribution in [0.15, 0.2) is 54.7 Å². The van der Waals surface area contributed by atoms with E-state index in [2.05, 4.69) is 20.6 Å². The molecule has 2 aromatic carbocycles. The maximum Gasteiger partial charge on any atom is 0.261 e. The Morgan fingerprint density at radius 2 is 1.85 bits per heavy atom. The van der Waals surface area contributed by atoms with E-state index in [1.807, 2.05) is 46.1 Å². The Labute approximate surface area is 230 Å². The SMILES string of the molecule is COc1nc(N(C)C)ncc1-c1cc2c(n1C(C)C)[C@@H](c1ccc(C#N)cc1)N(c1ccc(F)c(Cl)c1)C2=O. The number of benzene rings is 2. The smallest absolute Gasteiger partial charge is 0.261 e. The number of carbonyl (C=O) groups excluding carboxylic acids is 1. The molecule has 39 heavy (non-hydrogen) atoms. The van der Waals surface area contributed by atoms with E-state index in [4.69, 9.17) is 16.3 Å². The Morgan fingerprint density at radius 3 is 2.44 bits per heavy atom. The van der Waals surface area contributed by atoms with Crippen LogP contribution in [0.5, 0.6) is 5.88 Å². The van der Waals surface area contributed by atoms with Gasteiger partial charge < -0.3 is 14.2 Å². The standard InChI is InChI=1S/C29H26ClFN6O2/c1-16(2)36-24(21-15-33-29(35(3)4)34-27(21)39-5)13-20-26(36)25(18-8-6-17(14-32)7-9-18)37(28(20)38)19-10-11-23(31)22(30)12-19/h6-13,15-16,25H,1-5H3/t25-/m1/s1. The van der Waals surface area contributed by atoms with Gasteiger partial charge in [-0.05, 0) is 55.8 Å². The number of rotatable bonds is 6. The van der Waals surface area contributed by atoms with Crippen molar-refractivity contribution in [2.45, 2.75) is 25.9 Å². The molecule has 0 fully saturated rings. The Kier molecular flexibility index (Phi) is 6.74. The van der Waals surface area contributed by atoms with Gasteiger partial charge in [-0.25, -0.2) is 9.37 Å². The first-order valence-electron chi connectivity index (χ1n) is 12.3. The highest BCUT2D eigenvalue weighted by Gasteiger charge is 2.43. The lowest BCUT2D eigenvalue weighted by Crippen LogP contribution is -2.30. The lowest BCUT2D eigenvalue weighted by atomic mass is 10.0. The van der Waals surface area contributed by atoms with Crippen molar-refractivity contribution in [1.29, 1.82) is 5.26 Å². The highest BCUT2D eigenvalue weighted by molar-refractivity contribution is 6.31. The van der Waals surface area contributed by atoms with Gasteiger partial charge in [0.1, 0.15) is 11.9 Å². The first-order valence-corrected chi connectivity index (χ1v) is 12.7. The van der Waals surface area contributed by atoms with E-state index in [0.717, 1.165) is 17.0 Å². The molecule has 1 aliphatic rings. The molecule has 1 atom stereocenters. The molecule has 8 nitrogen and oxygen atoms in total. The van der Waals surface area contributed by atoms with Gasteiger partial charge in [-0.1, -0.05) is 23.7 Å². The molecule has 0 saturated carbocycles. The number of aromatic nitrogens is 3. The normalized spacial score (nSPS) is 14.5. The summed E-state index contributed by atoms with van der Waals surface area (Å²) in [6.07, 6.45) is 1.70. The number of nitrogens with zero attached hydrogens (tertiary/aromatic N) is 6. The van der Waals surface area contributed by atoms with Crippen LogP contribution in [-0.4, -0.2) is 41.6 Å². The van der Waals surface area contributed by atoms with Crippen molar-refractivity contribution in [3.8, 4) is 23.2 Å². The van der Waals surface area contributed by atoms with Gasteiger partial charge in [-0.3, -0.25) is 9.69 Å². The van der Waals surface area contributed by atoms with Crippen molar-refractivity contribution < 1.29 is 13.9 Å². The van der Waals surface area contributed by atoms with Crippen LogP contribution in [-0.2, 0) is 0 Å². The van der Waals surface area contributed by atoms with Crippen LogP contribution in [0, 0.1) is 17.1 Å². The Hall–Kier alpha value is -4.42. The zero-order valence-electron chi connectivity index (χ0n) is 22.1. The molecule has 5 rings (SSSR count). The maximum atomic E-state index is 14.1. The molecule has 2 aromatic heterocycles. The zero-order chi connectivity index (χ0) is 28.0. The lowest BCUT2D eigenvalue weighted by Gasteiger charge is -2.29. The van der Waals surface area contributed by atoms with Crippen molar-refractivity contribution >= 4 is 29.1 Å². The second-order valence-corrected chi connectivity index (χ2v) is 10.1. The van der Waals surface area contributed by atoms with Crippen molar-refractivity contribution in [3.63, 3.8) is 0 Å². The quantitative estimate of drug-likeness (QED) is 0.295. The number of hydrogen-bond donors (Lipinski definition) is 0. The second kappa shape index (κ2) is 10.0. The second-order valence-electron chi connectivity index (χ2n) is 9.69. The molecular formula is C29H26ClFN6O2. The molecule has 0 bridgehead atoms. The van der Waals surface area contributed by atoms with Crippen LogP contribution >= 0.6 is 11.6 Å². The van der Waals surface area contributed by atoms with Gasteiger partial charge in [0.05, 0.1) is 46.3 Å². The minimum atomic E-state index is -0.568. The summed E-state index contributed by atoms with van der Waals surface area (Å²) in [6, 6.07) is 14.7. The van der Waals surface area contributed by atoms with Gasteiger partial charge in [-0.2, -0.15) is 10.2 Å². The summed E-state index contributed by atoms with van der Waals surface area (Å²) in [6.45, 7) is 4.06. The molecule has 0 radical (unpaired) electrons. The monoisotopic (exact) mass is 544 g/mol. The summed E-state index contributed by atoms with van der Waals surface area (Å²) in [7, 11) is 5.24. The van der Waals surface area contributed by atoms with E-state index in [-0.39, 0.29) is 17.0 Å². The van der Waals surface area contributed by atoms with E-state index in [9.17, 15) is 14.4 Å². The fourth-order valence-corrected chi connectivity index (χ4v) is 5.15. The van der Waals surface area contributed by atoms with Crippen LogP contribution < -0.4 is 14.5 Å². The van der Waals surface area contributed by atoms with Crippen molar-refractivity contribution in [1.82, 2.24) is 14.5 Å². The predicted molar refractivity (Wildman–Crippen MR) is 148 cm³/mol. The Morgan fingerprint density at radius 1 is 1.13 bits per heavy atom. The average molecular weight is 545 g/mol. The zero-order valence-corrected chi connectivity index (χ0v) is 22.9. The average Bonchev–Trinajstić information content (AvgIpc) is 3.45. The third kappa shape index (κ3) is 4.37. The summed E-state index contributed by atoms with van der Waals surface area (Å²) in [5.41, 5.74) is 4.39. The van der Waals surface area contributed by atoms with Crippen LogP contribution in [0.2, 0.25) is 5.02 Å². The largest absolute Gasteiger partial charge is 0.480 e. The van der Waals surface area contributed by atoms with Crippen LogP contribution in [0.1, 0.15) is 53.1 Å². The highest BCUT2D eigenvalue weighted by atomic mass is 35.5. The molecule has 4 aromatic rings. The molecule has 3 heterocycles. The topological polar surface area (TPSA) is 87.3 Å². The van der Waals surface area contributed by atoms with E-state index < -0.39 is 11.9 Å². The van der Waals surface area contributed by atoms with Gasteiger partial charge >= 0.3 is 0 Å². The van der Waals surface area contributed by atoms with Crippen LogP contribution in [0.3, 0.4) is 0 Å². The third-order valence-corrected chi connectivity index (χ3v) is 7.00. The predicted octanol–water partition coefficient (Wildman–Crippen LogP) is 6.01. The van der Waals surface area contributed by atoms with E-state index in [0.29, 0.717) is 34.2 Å². The summed E-state index contributed by atoms with van der Waals surface area (Å²) >= 11 is 6.13. The number of ether oxygens (including phenoxy) is 1. The molecule has 0 saturated heterocycles. The summed E-state index contributed by atoms with van der Waals surface area (Å²) in [4.78, 5) is 26.5. The molecule has 1 amide bonds. The van der Waals surface area contributed by atoms with Crippen molar-refractivity contribution in [2.75, 3.05) is 31.0 Å². The van der Waals surface area contributed by atoms with Gasteiger partial charge in [0, 0.05) is 32.0 Å². The molecule has 10 heteroatoms. The molecule has 0 spiro atoms. The van der Waals surface area contributed by atoms with Crippen molar-refractivity contribution in [2.24, 2.45) is 0 Å². The number of fused-ring (bicyclic) bond motifs is 1. The minimum absolute atomic E-state index is 0.0626. The fourth-order valence-electron chi connectivity index (χ4n) is 4.98. The minimum Gasteiger partial charge on any atom is -0.480 e. The van der Waals surface area contributed by atoms with Gasteiger partial charge in [-0.15, -0.1) is 0 Å². The first kappa shape index (κ1) is 26.2. The number of methoxy groups -OCH3 is 1. The molecule has 0 unspecified atom stereocenters. The van der Waals surface area contributed by atoms with Gasteiger partial charge in [0.2, 0.25) is 11.8 Å². The Bertz CT molecular complexity index is 1620. The first-order chi connectivity index (χ1) is 18.7. The van der Waals surface area contributed by atoms with Gasteiger partial charge in [0.25, 0.3) is 5.91 Å². The number of halogens is 2. The summed E-state index contributed by atoms with van der Waals surface area (Å²) < 4.78 is 21.8. The molecule has 0 aliphatic carbocycles. The molecule has 0 N–H and O–H groups in total. The van der Waals surface area contributed by atoms with Gasteiger partial charge in [0.15, 0.2) is 0 Å². The van der Waals surface area contributed by atoms with E-state index >= 15 is 0 Å². The molecular weight excluding hydrogens is 519 g/mol. The van der Waals surface area contributed by atoms with E-state index in [1.54, 1.807) is 41.3 Å². The Balaban J connectivity index is 1.76. The number of anilines is 2. The number of carbonyl (C=O) groups is 1. The molecule has 1 aliphatic heterocycles. The third-order valence-electron chi connectivity index (χ3n) is 6.71. The lowest BCUT2D eigenvalue weighted by molar-refractivity contribution is 0.0993. The van der Waals surface area contributed by atoms with Crippen molar-refractivity contribution in [3.05, 3.63) is 88.0 Å². The molecule has 198 valence electrons. The number of hydrogen-bond acceptors (Lipinski definition) is 6. The summed E-state index contributed by atoms with van der Waals surface area (Å²) in [5, 5.41) is 9.26. The van der Waals surface area contributed by atoms with E-state index in [1.165, 1.54) is 12.1 Å². The highest BCUT2D eigenvalue weighted by Crippen LogP contribution is 2.47. The number of nitriles is 1. The van der Waals surface area contributed by atoms with Crippen LogP contribution in [0.25, 0.3) is 11.3 Å². The summed E-state index contributed by atoms with van der Waals surface area (Å²) in [5.74, 6) is 0.0576. The number of amides is 1. The van der Waals surface area contributed by atoms with Crippen LogP contribution in [0.4, 0.5) is 16.0 Å². The fraction of sp³-hybridized carbons (Fsp3) is 0.241. The maximum absolute atomic E-state index is 14.1.